The molecule has 0 saturated carbocycles. The SMILES string of the molecule is O=C(/C=C/c1ccc2c(c1)CCO2)Oc1cc(F)ccc1[N+](=O)[O-]. The standard InChI is InChI=1S/C17H12FNO5/c18-13-3-4-14(19(21)22)16(10-13)24-17(20)6-2-11-1-5-15-12(9-11)7-8-23-15/h1-6,9-10H,7-8H2/b6-2+. The Morgan fingerprint density at radius 2 is 2.12 bits per heavy atom. The summed E-state index contributed by atoms with van der Waals surface area (Å²) in [5, 5.41) is 10.9. The Hall–Kier alpha value is -3.22. The molecule has 0 saturated heterocycles. The molecule has 0 bridgehead atoms. The van der Waals surface area contributed by atoms with E-state index in [9.17, 15) is 19.3 Å². The van der Waals surface area contributed by atoms with Gasteiger partial charge in [-0.15, -0.1) is 0 Å². The van der Waals surface area contributed by atoms with Crippen LogP contribution in [0.5, 0.6) is 11.5 Å². The molecule has 0 aliphatic carbocycles. The zero-order valence-corrected chi connectivity index (χ0v) is 12.4. The molecule has 2 aromatic rings. The van der Waals surface area contributed by atoms with Gasteiger partial charge in [0, 0.05) is 24.6 Å². The molecule has 0 amide bonds. The summed E-state index contributed by atoms with van der Waals surface area (Å²) in [5.74, 6) is -1.17. The Morgan fingerprint density at radius 1 is 1.29 bits per heavy atom. The Labute approximate surface area is 136 Å². The van der Waals surface area contributed by atoms with E-state index in [1.165, 1.54) is 6.08 Å². The minimum absolute atomic E-state index is 0.433. The van der Waals surface area contributed by atoms with E-state index >= 15 is 0 Å². The first-order valence-corrected chi connectivity index (χ1v) is 7.12. The number of halogens is 1. The number of benzene rings is 2. The molecule has 2 aromatic carbocycles. The van der Waals surface area contributed by atoms with Gasteiger partial charge in [0.25, 0.3) is 0 Å². The Balaban J connectivity index is 1.74. The van der Waals surface area contributed by atoms with E-state index in [0.29, 0.717) is 6.61 Å². The van der Waals surface area contributed by atoms with Crippen molar-refractivity contribution in [3.05, 3.63) is 69.5 Å². The molecule has 0 N–H and O–H groups in total. The summed E-state index contributed by atoms with van der Waals surface area (Å²) in [6.07, 6.45) is 3.45. The van der Waals surface area contributed by atoms with Crippen LogP contribution in [0, 0.1) is 15.9 Å². The number of hydrogen-bond acceptors (Lipinski definition) is 5. The summed E-state index contributed by atoms with van der Waals surface area (Å²) < 4.78 is 23.5. The molecule has 24 heavy (non-hydrogen) atoms. The molecule has 1 aliphatic heterocycles. The smallest absolute Gasteiger partial charge is 0.336 e. The van der Waals surface area contributed by atoms with Crippen molar-refractivity contribution < 1.29 is 23.6 Å². The number of rotatable bonds is 4. The predicted octanol–water partition coefficient (Wildman–Crippen LogP) is 3.29. The van der Waals surface area contributed by atoms with Gasteiger partial charge in [0.1, 0.15) is 11.6 Å². The lowest BCUT2D eigenvalue weighted by atomic mass is 10.1. The Morgan fingerprint density at radius 3 is 2.92 bits per heavy atom. The number of carbonyl (C=O) groups is 1. The fourth-order valence-electron chi connectivity index (χ4n) is 2.34. The maximum atomic E-state index is 13.2. The van der Waals surface area contributed by atoms with Crippen molar-refractivity contribution in [2.75, 3.05) is 6.61 Å². The van der Waals surface area contributed by atoms with Gasteiger partial charge in [-0.05, 0) is 35.4 Å². The van der Waals surface area contributed by atoms with Crippen LogP contribution in [0.3, 0.4) is 0 Å². The van der Waals surface area contributed by atoms with Gasteiger partial charge in [0.2, 0.25) is 5.75 Å². The van der Waals surface area contributed by atoms with Gasteiger partial charge in [-0.3, -0.25) is 10.1 Å². The summed E-state index contributed by atoms with van der Waals surface area (Å²) in [6.45, 7) is 0.633. The van der Waals surface area contributed by atoms with E-state index in [1.54, 1.807) is 6.07 Å². The second-order valence-corrected chi connectivity index (χ2v) is 5.09. The number of nitro groups is 1. The van der Waals surface area contributed by atoms with E-state index in [2.05, 4.69) is 0 Å². The number of fused-ring (bicyclic) bond motifs is 1. The summed E-state index contributed by atoms with van der Waals surface area (Å²) in [4.78, 5) is 21.9. The fourth-order valence-corrected chi connectivity index (χ4v) is 2.34. The Kier molecular flexibility index (Phi) is 4.24. The summed E-state index contributed by atoms with van der Waals surface area (Å²) in [6, 6.07) is 8.15. The zero-order chi connectivity index (χ0) is 17.1. The van der Waals surface area contributed by atoms with E-state index in [-0.39, 0.29) is 0 Å². The van der Waals surface area contributed by atoms with Gasteiger partial charge >= 0.3 is 11.7 Å². The number of esters is 1. The molecule has 122 valence electrons. The molecule has 0 unspecified atom stereocenters. The predicted molar refractivity (Wildman–Crippen MR) is 83.4 cm³/mol. The largest absolute Gasteiger partial charge is 0.493 e. The highest BCUT2D eigenvalue weighted by atomic mass is 19.1. The van der Waals surface area contributed by atoms with Crippen LogP contribution in [-0.2, 0) is 11.2 Å². The van der Waals surface area contributed by atoms with Crippen molar-refractivity contribution in [3.8, 4) is 11.5 Å². The average molecular weight is 329 g/mol. The fraction of sp³-hybridized carbons (Fsp3) is 0.118. The lowest BCUT2D eigenvalue weighted by molar-refractivity contribution is -0.385. The van der Waals surface area contributed by atoms with Gasteiger partial charge in [0.05, 0.1) is 11.5 Å². The van der Waals surface area contributed by atoms with Gasteiger partial charge < -0.3 is 9.47 Å². The maximum Gasteiger partial charge on any atom is 0.336 e. The first kappa shape index (κ1) is 15.7. The van der Waals surface area contributed by atoms with Crippen molar-refractivity contribution in [2.24, 2.45) is 0 Å². The lowest BCUT2D eigenvalue weighted by Gasteiger charge is -2.03. The minimum atomic E-state index is -0.833. The van der Waals surface area contributed by atoms with Gasteiger partial charge in [-0.1, -0.05) is 6.07 Å². The van der Waals surface area contributed by atoms with Crippen LogP contribution in [0.25, 0.3) is 6.08 Å². The van der Waals surface area contributed by atoms with Crippen LogP contribution in [0.15, 0.2) is 42.5 Å². The van der Waals surface area contributed by atoms with Crippen LogP contribution in [0.2, 0.25) is 0 Å². The highest BCUT2D eigenvalue weighted by Gasteiger charge is 2.18. The monoisotopic (exact) mass is 329 g/mol. The third kappa shape index (κ3) is 3.40. The van der Waals surface area contributed by atoms with Crippen molar-refractivity contribution in [1.82, 2.24) is 0 Å². The van der Waals surface area contributed by atoms with Crippen molar-refractivity contribution in [2.45, 2.75) is 6.42 Å². The first-order valence-electron chi connectivity index (χ1n) is 7.12. The number of nitrogens with zero attached hydrogens (tertiary/aromatic N) is 1. The molecule has 0 fully saturated rings. The molecule has 1 aliphatic rings. The normalized spacial score (nSPS) is 12.7. The molecule has 0 spiro atoms. The molecular weight excluding hydrogens is 317 g/mol. The average Bonchev–Trinajstić information content (AvgIpc) is 3.00. The molecule has 7 heteroatoms. The van der Waals surface area contributed by atoms with E-state index in [4.69, 9.17) is 9.47 Å². The van der Waals surface area contributed by atoms with E-state index in [1.807, 2.05) is 12.1 Å². The highest BCUT2D eigenvalue weighted by molar-refractivity contribution is 5.89. The van der Waals surface area contributed by atoms with Gasteiger partial charge in [-0.25, -0.2) is 9.18 Å². The molecule has 0 aromatic heterocycles. The zero-order valence-electron chi connectivity index (χ0n) is 12.4. The quantitative estimate of drug-likeness (QED) is 0.283. The summed E-state index contributed by atoms with van der Waals surface area (Å²) in [7, 11) is 0. The number of nitro benzene ring substituents is 1. The topological polar surface area (TPSA) is 78.7 Å². The molecule has 0 radical (unpaired) electrons. The van der Waals surface area contributed by atoms with E-state index in [0.717, 1.165) is 47.6 Å². The third-order valence-electron chi connectivity index (χ3n) is 3.45. The number of hydrogen-bond donors (Lipinski definition) is 0. The maximum absolute atomic E-state index is 13.2. The number of carbonyl (C=O) groups excluding carboxylic acids is 1. The molecule has 1 heterocycles. The van der Waals surface area contributed by atoms with E-state index < -0.39 is 28.1 Å². The summed E-state index contributed by atoms with van der Waals surface area (Å²) in [5.41, 5.74) is 1.34. The van der Waals surface area contributed by atoms with Crippen LogP contribution >= 0.6 is 0 Å². The second kappa shape index (κ2) is 6.49. The van der Waals surface area contributed by atoms with Crippen molar-refractivity contribution >= 4 is 17.7 Å². The first-order chi connectivity index (χ1) is 11.5. The van der Waals surface area contributed by atoms with Gasteiger partial charge in [-0.2, -0.15) is 0 Å². The third-order valence-corrected chi connectivity index (χ3v) is 3.45. The molecule has 0 atom stereocenters. The van der Waals surface area contributed by atoms with Crippen LogP contribution in [-0.4, -0.2) is 17.5 Å². The second-order valence-electron chi connectivity index (χ2n) is 5.09. The van der Waals surface area contributed by atoms with Crippen molar-refractivity contribution in [1.29, 1.82) is 0 Å². The van der Waals surface area contributed by atoms with Crippen LogP contribution < -0.4 is 9.47 Å². The molecule has 3 rings (SSSR count). The Bertz CT molecular complexity index is 847. The van der Waals surface area contributed by atoms with Gasteiger partial charge in [0.15, 0.2) is 0 Å². The molecular formula is C17H12FNO5. The van der Waals surface area contributed by atoms with Crippen molar-refractivity contribution in [3.63, 3.8) is 0 Å². The highest BCUT2D eigenvalue weighted by Crippen LogP contribution is 2.28. The van der Waals surface area contributed by atoms with Crippen LogP contribution in [0.1, 0.15) is 11.1 Å². The molecule has 6 nitrogen and oxygen atoms in total. The van der Waals surface area contributed by atoms with Crippen LogP contribution in [0.4, 0.5) is 10.1 Å². The summed E-state index contributed by atoms with van der Waals surface area (Å²) >= 11 is 0. The lowest BCUT2D eigenvalue weighted by Crippen LogP contribution is -2.06. The number of ether oxygens (including phenoxy) is 2. The minimum Gasteiger partial charge on any atom is -0.493 e.